The van der Waals surface area contributed by atoms with Crippen molar-refractivity contribution in [2.45, 2.75) is 19.5 Å². The summed E-state index contributed by atoms with van der Waals surface area (Å²) in [4.78, 5) is 2.16. The van der Waals surface area contributed by atoms with E-state index in [0.29, 0.717) is 0 Å². The third-order valence-electron chi connectivity index (χ3n) is 3.18. The lowest BCUT2D eigenvalue weighted by atomic mass is 10.1. The molecular weight excluding hydrogens is 268 g/mol. The van der Waals surface area contributed by atoms with Gasteiger partial charge in [0.2, 0.25) is 0 Å². The monoisotopic (exact) mass is 288 g/mol. The maximum Gasteiger partial charge on any atom is 0.0500 e. The Morgan fingerprint density at radius 1 is 1.10 bits per heavy atom. The molecule has 106 valence electrons. The summed E-state index contributed by atoms with van der Waals surface area (Å²) in [5, 5.41) is 4.31. The predicted molar refractivity (Wildman–Crippen MR) is 87.3 cm³/mol. The van der Waals surface area contributed by atoms with Crippen LogP contribution in [0, 0.1) is 0 Å². The Kier molecular flexibility index (Phi) is 5.05. The number of benzene rings is 2. The van der Waals surface area contributed by atoms with E-state index in [0.717, 1.165) is 22.8 Å². The first kappa shape index (κ1) is 14.9. The third-order valence-corrected chi connectivity index (χ3v) is 3.52. The van der Waals surface area contributed by atoms with Gasteiger partial charge in [-0.2, -0.15) is 0 Å². The van der Waals surface area contributed by atoms with Gasteiger partial charge in [-0.15, -0.1) is 0 Å². The smallest absolute Gasteiger partial charge is 0.0500 e. The average molecular weight is 289 g/mol. The molecule has 0 saturated heterocycles. The minimum Gasteiger partial charge on any atom is -0.378 e. The zero-order valence-corrected chi connectivity index (χ0v) is 13.0. The number of halogens is 1. The Balaban J connectivity index is 2.12. The van der Waals surface area contributed by atoms with Crippen molar-refractivity contribution in [3.8, 4) is 0 Å². The van der Waals surface area contributed by atoms with Gasteiger partial charge in [-0.3, -0.25) is 0 Å². The van der Waals surface area contributed by atoms with Gasteiger partial charge in [-0.1, -0.05) is 41.9 Å². The summed E-state index contributed by atoms with van der Waals surface area (Å²) in [6.45, 7) is 3.07. The van der Waals surface area contributed by atoms with E-state index in [1.165, 1.54) is 5.56 Å². The number of anilines is 1. The van der Waals surface area contributed by atoms with Crippen LogP contribution in [0.2, 0.25) is 5.02 Å². The summed E-state index contributed by atoms with van der Waals surface area (Å²) in [5.74, 6) is 0. The third kappa shape index (κ3) is 3.99. The van der Waals surface area contributed by atoms with Crippen LogP contribution in [0.15, 0.2) is 48.5 Å². The molecule has 0 amide bonds. The van der Waals surface area contributed by atoms with Crippen LogP contribution in [0.3, 0.4) is 0 Å². The fraction of sp³-hybridized carbons (Fsp3) is 0.294. The van der Waals surface area contributed by atoms with Crippen LogP contribution in [0.5, 0.6) is 0 Å². The van der Waals surface area contributed by atoms with Gasteiger partial charge in [0, 0.05) is 23.3 Å². The van der Waals surface area contributed by atoms with Crippen molar-refractivity contribution in [1.29, 1.82) is 0 Å². The number of rotatable bonds is 5. The summed E-state index contributed by atoms with van der Waals surface area (Å²) < 4.78 is 0. The van der Waals surface area contributed by atoms with E-state index in [-0.39, 0.29) is 6.04 Å². The van der Waals surface area contributed by atoms with Gasteiger partial charge in [0.25, 0.3) is 0 Å². The first-order chi connectivity index (χ1) is 9.56. The summed E-state index contributed by atoms with van der Waals surface area (Å²) in [7, 11) is 4.15. The minimum absolute atomic E-state index is 0.179. The molecule has 1 unspecified atom stereocenters. The normalized spacial score (nSPS) is 12.4. The SMILES string of the molecule is CC(Nc1cccc(CN(C)C)c1)c1ccccc1Cl. The lowest BCUT2D eigenvalue weighted by Gasteiger charge is -2.18. The molecule has 0 fully saturated rings. The van der Waals surface area contributed by atoms with Crippen molar-refractivity contribution in [3.63, 3.8) is 0 Å². The molecule has 0 aliphatic rings. The second-order valence-electron chi connectivity index (χ2n) is 5.33. The van der Waals surface area contributed by atoms with Crippen molar-refractivity contribution < 1.29 is 0 Å². The molecule has 2 nitrogen and oxygen atoms in total. The zero-order chi connectivity index (χ0) is 14.5. The first-order valence-corrected chi connectivity index (χ1v) is 7.18. The maximum absolute atomic E-state index is 6.24. The van der Waals surface area contributed by atoms with Crippen molar-refractivity contribution in [2.24, 2.45) is 0 Å². The van der Waals surface area contributed by atoms with Crippen LogP contribution in [0.25, 0.3) is 0 Å². The molecule has 0 aliphatic heterocycles. The minimum atomic E-state index is 0.179. The topological polar surface area (TPSA) is 15.3 Å². The standard InChI is InChI=1S/C17H21ClN2/c1-13(16-9-4-5-10-17(16)18)19-15-8-6-7-14(11-15)12-20(2)3/h4-11,13,19H,12H2,1-3H3. The molecule has 1 N–H and O–H groups in total. The van der Waals surface area contributed by atoms with Crippen LogP contribution in [0.1, 0.15) is 24.1 Å². The van der Waals surface area contributed by atoms with Crippen molar-refractivity contribution >= 4 is 17.3 Å². The van der Waals surface area contributed by atoms with E-state index in [4.69, 9.17) is 11.6 Å². The predicted octanol–water partition coefficient (Wildman–Crippen LogP) is 4.57. The average Bonchev–Trinajstić information content (AvgIpc) is 2.38. The quantitative estimate of drug-likeness (QED) is 0.867. The van der Waals surface area contributed by atoms with Crippen LogP contribution < -0.4 is 5.32 Å². The fourth-order valence-corrected chi connectivity index (χ4v) is 2.58. The van der Waals surface area contributed by atoms with Gasteiger partial charge >= 0.3 is 0 Å². The summed E-state index contributed by atoms with van der Waals surface area (Å²) in [6.07, 6.45) is 0. The molecule has 3 heteroatoms. The summed E-state index contributed by atoms with van der Waals surface area (Å²) >= 11 is 6.24. The van der Waals surface area contributed by atoms with Crippen molar-refractivity contribution in [3.05, 3.63) is 64.7 Å². The number of nitrogens with zero attached hydrogens (tertiary/aromatic N) is 1. The molecule has 0 aromatic heterocycles. The Hall–Kier alpha value is -1.51. The second-order valence-corrected chi connectivity index (χ2v) is 5.73. The van der Waals surface area contributed by atoms with Gasteiger partial charge in [-0.25, -0.2) is 0 Å². The Morgan fingerprint density at radius 2 is 1.85 bits per heavy atom. The van der Waals surface area contributed by atoms with Gasteiger partial charge in [-0.05, 0) is 50.3 Å². The Bertz CT molecular complexity index is 566. The number of nitrogens with one attached hydrogen (secondary N) is 1. The molecule has 2 rings (SSSR count). The molecule has 0 saturated carbocycles. The van der Waals surface area contributed by atoms with Crippen LogP contribution >= 0.6 is 11.6 Å². The second kappa shape index (κ2) is 6.78. The summed E-state index contributed by atoms with van der Waals surface area (Å²) in [6, 6.07) is 16.6. The van der Waals surface area contributed by atoms with Gasteiger partial charge in [0.05, 0.1) is 0 Å². The molecule has 0 spiro atoms. The maximum atomic E-state index is 6.24. The van der Waals surface area contributed by atoms with Crippen molar-refractivity contribution in [1.82, 2.24) is 4.90 Å². The highest BCUT2D eigenvalue weighted by molar-refractivity contribution is 6.31. The Labute approximate surface area is 126 Å². The van der Waals surface area contributed by atoms with E-state index < -0.39 is 0 Å². The van der Waals surface area contributed by atoms with E-state index in [1.54, 1.807) is 0 Å². The molecule has 20 heavy (non-hydrogen) atoms. The van der Waals surface area contributed by atoms with Crippen LogP contribution in [-0.4, -0.2) is 19.0 Å². The molecule has 0 heterocycles. The van der Waals surface area contributed by atoms with Crippen LogP contribution in [0.4, 0.5) is 5.69 Å². The molecule has 2 aromatic rings. The van der Waals surface area contributed by atoms with Crippen molar-refractivity contribution in [2.75, 3.05) is 19.4 Å². The van der Waals surface area contributed by atoms with E-state index in [1.807, 2.05) is 18.2 Å². The molecule has 1 atom stereocenters. The van der Waals surface area contributed by atoms with Crippen LogP contribution in [-0.2, 0) is 6.54 Å². The van der Waals surface area contributed by atoms with Gasteiger partial charge in [0.15, 0.2) is 0 Å². The highest BCUT2D eigenvalue weighted by Gasteiger charge is 2.09. The lowest BCUT2D eigenvalue weighted by Crippen LogP contribution is -2.11. The molecule has 0 aliphatic carbocycles. The highest BCUT2D eigenvalue weighted by atomic mass is 35.5. The number of hydrogen-bond acceptors (Lipinski definition) is 2. The summed E-state index contributed by atoms with van der Waals surface area (Å²) in [5.41, 5.74) is 3.54. The first-order valence-electron chi connectivity index (χ1n) is 6.81. The fourth-order valence-electron chi connectivity index (χ4n) is 2.28. The molecular formula is C17H21ClN2. The van der Waals surface area contributed by atoms with E-state index in [2.05, 4.69) is 61.6 Å². The zero-order valence-electron chi connectivity index (χ0n) is 12.2. The lowest BCUT2D eigenvalue weighted by molar-refractivity contribution is 0.402. The van der Waals surface area contributed by atoms with Gasteiger partial charge < -0.3 is 10.2 Å². The number of hydrogen-bond donors (Lipinski definition) is 1. The van der Waals surface area contributed by atoms with E-state index in [9.17, 15) is 0 Å². The molecule has 0 radical (unpaired) electrons. The largest absolute Gasteiger partial charge is 0.378 e. The molecule has 2 aromatic carbocycles. The highest BCUT2D eigenvalue weighted by Crippen LogP contribution is 2.26. The van der Waals surface area contributed by atoms with Gasteiger partial charge in [0.1, 0.15) is 0 Å². The molecule has 0 bridgehead atoms. The van der Waals surface area contributed by atoms with E-state index >= 15 is 0 Å². The Morgan fingerprint density at radius 3 is 2.55 bits per heavy atom.